The standard InChI is InChI=1S/C30H29F7N4O2/c1-15-9-19(31)5-6-20(15)21-13-24(22-7-8-23(40-22)26(38)42)39-14-25(21)41(4)27(43)28(2,3)16-10-17(29(32,33)34)12-18(11-16)30(35,36)37/h5-6,9-14,22-23,40H,7-8H2,1-4H3,(H2,38,42)/t22?,23-/m1/s1. The molecule has 3 N–H and O–H groups in total. The maximum Gasteiger partial charge on any atom is 0.416 e. The minimum absolute atomic E-state index is 0.00563. The molecule has 1 aliphatic heterocycles. The summed E-state index contributed by atoms with van der Waals surface area (Å²) in [5, 5.41) is 3.10. The number of alkyl halides is 6. The number of carbonyl (C=O) groups is 2. The number of halogens is 7. The van der Waals surface area contributed by atoms with Crippen LogP contribution in [0.4, 0.5) is 36.4 Å². The Balaban J connectivity index is 1.81. The minimum atomic E-state index is -5.09. The number of aromatic nitrogens is 1. The number of nitrogens with two attached hydrogens (primary N) is 1. The van der Waals surface area contributed by atoms with Crippen LogP contribution in [0.15, 0.2) is 48.7 Å². The van der Waals surface area contributed by atoms with E-state index in [9.17, 15) is 40.3 Å². The summed E-state index contributed by atoms with van der Waals surface area (Å²) in [7, 11) is 1.33. The van der Waals surface area contributed by atoms with E-state index in [4.69, 9.17) is 5.73 Å². The van der Waals surface area contributed by atoms with Gasteiger partial charge in [-0.2, -0.15) is 26.3 Å². The Labute approximate surface area is 243 Å². The van der Waals surface area contributed by atoms with Gasteiger partial charge in [0.2, 0.25) is 11.8 Å². The van der Waals surface area contributed by atoms with Crippen molar-refractivity contribution >= 4 is 17.5 Å². The van der Waals surface area contributed by atoms with E-state index in [2.05, 4.69) is 10.3 Å². The minimum Gasteiger partial charge on any atom is -0.368 e. The highest BCUT2D eigenvalue weighted by atomic mass is 19.4. The van der Waals surface area contributed by atoms with Crippen molar-refractivity contribution in [2.24, 2.45) is 5.73 Å². The molecule has 0 radical (unpaired) electrons. The van der Waals surface area contributed by atoms with E-state index >= 15 is 0 Å². The van der Waals surface area contributed by atoms with Crippen molar-refractivity contribution in [2.45, 2.75) is 63.5 Å². The van der Waals surface area contributed by atoms with Gasteiger partial charge in [-0.25, -0.2) is 4.39 Å². The fourth-order valence-corrected chi connectivity index (χ4v) is 5.24. The third kappa shape index (κ3) is 6.51. The number of carbonyl (C=O) groups excluding carboxylic acids is 2. The second-order valence-corrected chi connectivity index (χ2v) is 11.1. The Hall–Kier alpha value is -4.00. The van der Waals surface area contributed by atoms with Gasteiger partial charge < -0.3 is 10.6 Å². The molecule has 1 unspecified atom stereocenters. The van der Waals surface area contributed by atoms with Gasteiger partial charge >= 0.3 is 12.4 Å². The van der Waals surface area contributed by atoms with Crippen LogP contribution in [0.25, 0.3) is 11.1 Å². The largest absolute Gasteiger partial charge is 0.416 e. The number of anilines is 1. The number of hydrogen-bond donors (Lipinski definition) is 2. The molecule has 13 heteroatoms. The molecule has 2 heterocycles. The number of likely N-dealkylation sites (N-methyl/N-ethyl adjacent to an activating group) is 1. The second kappa shape index (κ2) is 11.3. The molecule has 6 nitrogen and oxygen atoms in total. The maximum atomic E-state index is 14.0. The van der Waals surface area contributed by atoms with Crippen LogP contribution in [0, 0.1) is 12.7 Å². The van der Waals surface area contributed by atoms with Gasteiger partial charge in [-0.1, -0.05) is 6.07 Å². The Kier molecular flexibility index (Phi) is 8.35. The molecule has 3 aromatic rings. The smallest absolute Gasteiger partial charge is 0.368 e. The molecular formula is C30H29F7N4O2. The number of aryl methyl sites for hydroxylation is 1. The van der Waals surface area contributed by atoms with E-state index in [1.54, 1.807) is 13.0 Å². The molecule has 0 saturated carbocycles. The molecule has 1 saturated heterocycles. The van der Waals surface area contributed by atoms with E-state index < -0.39 is 58.1 Å². The van der Waals surface area contributed by atoms with Crippen LogP contribution >= 0.6 is 0 Å². The molecular weight excluding hydrogens is 581 g/mol. The van der Waals surface area contributed by atoms with Gasteiger partial charge in [0.15, 0.2) is 0 Å². The summed E-state index contributed by atoms with van der Waals surface area (Å²) in [6.07, 6.45) is -7.82. The highest BCUT2D eigenvalue weighted by molar-refractivity contribution is 6.03. The van der Waals surface area contributed by atoms with Crippen LogP contribution in [0.1, 0.15) is 60.7 Å². The lowest BCUT2D eigenvalue weighted by Crippen LogP contribution is -2.42. The maximum absolute atomic E-state index is 14.0. The van der Waals surface area contributed by atoms with E-state index in [0.717, 1.165) is 4.90 Å². The molecule has 230 valence electrons. The summed E-state index contributed by atoms with van der Waals surface area (Å²) in [6, 6.07) is 5.79. The van der Waals surface area contributed by atoms with Crippen LogP contribution in [0.2, 0.25) is 0 Å². The van der Waals surface area contributed by atoms with Gasteiger partial charge in [0.25, 0.3) is 0 Å². The molecule has 2 aromatic carbocycles. The lowest BCUT2D eigenvalue weighted by atomic mass is 9.81. The first-order valence-electron chi connectivity index (χ1n) is 13.2. The van der Waals surface area contributed by atoms with Crippen LogP contribution in [0.5, 0.6) is 0 Å². The molecule has 0 aliphatic carbocycles. The number of amides is 2. The van der Waals surface area contributed by atoms with E-state index in [1.165, 1.54) is 45.3 Å². The van der Waals surface area contributed by atoms with Crippen molar-refractivity contribution < 1.29 is 40.3 Å². The van der Waals surface area contributed by atoms with E-state index in [0.29, 0.717) is 47.4 Å². The lowest BCUT2D eigenvalue weighted by Gasteiger charge is -2.32. The summed E-state index contributed by atoms with van der Waals surface area (Å²) in [6.45, 7) is 4.11. The quantitative estimate of drug-likeness (QED) is 0.314. The highest BCUT2D eigenvalue weighted by Gasteiger charge is 2.41. The number of nitrogens with zero attached hydrogens (tertiary/aromatic N) is 2. The molecule has 4 rings (SSSR count). The monoisotopic (exact) mass is 610 g/mol. The molecule has 0 spiro atoms. The fraction of sp³-hybridized carbons (Fsp3) is 0.367. The topological polar surface area (TPSA) is 88.3 Å². The average Bonchev–Trinajstić information content (AvgIpc) is 3.42. The van der Waals surface area contributed by atoms with E-state index in [-0.39, 0.29) is 17.8 Å². The van der Waals surface area contributed by atoms with Crippen molar-refractivity contribution in [3.8, 4) is 11.1 Å². The molecule has 0 bridgehead atoms. The summed E-state index contributed by atoms with van der Waals surface area (Å²) in [5.74, 6) is -1.85. The summed E-state index contributed by atoms with van der Waals surface area (Å²) in [4.78, 5) is 31.1. The molecule has 1 aromatic heterocycles. The van der Waals surface area contributed by atoms with Gasteiger partial charge in [-0.15, -0.1) is 0 Å². The first-order chi connectivity index (χ1) is 19.8. The molecule has 1 aliphatic rings. The van der Waals surface area contributed by atoms with E-state index in [1.807, 2.05) is 0 Å². The lowest BCUT2D eigenvalue weighted by molar-refractivity contribution is -0.143. The average molecular weight is 611 g/mol. The zero-order valence-electron chi connectivity index (χ0n) is 23.6. The second-order valence-electron chi connectivity index (χ2n) is 11.1. The molecule has 43 heavy (non-hydrogen) atoms. The number of rotatable bonds is 6. The number of pyridine rings is 1. The van der Waals surface area contributed by atoms with Gasteiger partial charge in [0.05, 0.1) is 46.2 Å². The summed E-state index contributed by atoms with van der Waals surface area (Å²) < 4.78 is 95.3. The third-order valence-corrected chi connectivity index (χ3v) is 7.74. The van der Waals surface area contributed by atoms with Crippen LogP contribution in [-0.4, -0.2) is 29.9 Å². The molecule has 2 amide bonds. The van der Waals surface area contributed by atoms with Crippen LogP contribution in [0.3, 0.4) is 0 Å². The Morgan fingerprint density at radius 3 is 2.00 bits per heavy atom. The Bertz CT molecular complexity index is 1530. The highest BCUT2D eigenvalue weighted by Crippen LogP contribution is 2.41. The van der Waals surface area contributed by atoms with Crippen molar-refractivity contribution in [1.82, 2.24) is 10.3 Å². The summed E-state index contributed by atoms with van der Waals surface area (Å²) in [5.41, 5.74) is 2.12. The number of nitrogens with one attached hydrogen (secondary N) is 1. The first-order valence-corrected chi connectivity index (χ1v) is 13.2. The number of benzene rings is 2. The zero-order chi connectivity index (χ0) is 32.1. The normalized spacial score (nSPS) is 17.7. The van der Waals surface area contributed by atoms with Crippen molar-refractivity contribution in [2.75, 3.05) is 11.9 Å². The molecule has 1 fully saturated rings. The Morgan fingerprint density at radius 2 is 1.49 bits per heavy atom. The van der Waals surface area contributed by atoms with Gasteiger partial charge in [0, 0.05) is 12.6 Å². The predicted octanol–water partition coefficient (Wildman–Crippen LogP) is 6.45. The van der Waals surface area contributed by atoms with Crippen molar-refractivity contribution in [3.05, 3.63) is 82.4 Å². The SMILES string of the molecule is Cc1cc(F)ccc1-c1cc(C2CC[C@H](C(N)=O)N2)ncc1N(C)C(=O)C(C)(C)c1cc(C(F)(F)F)cc(C(F)(F)F)c1. The molecule has 2 atom stereocenters. The first kappa shape index (κ1) is 31.9. The zero-order valence-corrected chi connectivity index (χ0v) is 23.6. The van der Waals surface area contributed by atoms with Crippen LogP contribution < -0.4 is 16.0 Å². The van der Waals surface area contributed by atoms with Gasteiger partial charge in [-0.05, 0) is 86.7 Å². The van der Waals surface area contributed by atoms with Gasteiger partial charge in [-0.3, -0.25) is 19.9 Å². The van der Waals surface area contributed by atoms with Crippen molar-refractivity contribution in [3.63, 3.8) is 0 Å². The van der Waals surface area contributed by atoms with Gasteiger partial charge in [0.1, 0.15) is 5.82 Å². The Morgan fingerprint density at radius 1 is 0.907 bits per heavy atom. The number of hydrogen-bond acceptors (Lipinski definition) is 4. The predicted molar refractivity (Wildman–Crippen MR) is 145 cm³/mol. The summed E-state index contributed by atoms with van der Waals surface area (Å²) >= 11 is 0. The number of primary amides is 1. The van der Waals surface area contributed by atoms with Crippen LogP contribution in [-0.2, 0) is 27.4 Å². The fourth-order valence-electron chi connectivity index (χ4n) is 5.24. The van der Waals surface area contributed by atoms with Crippen molar-refractivity contribution in [1.29, 1.82) is 0 Å². The third-order valence-electron chi connectivity index (χ3n) is 7.74.